The highest BCUT2D eigenvalue weighted by molar-refractivity contribution is 9.10. The number of halogens is 1. The molecule has 0 bridgehead atoms. The Bertz CT molecular complexity index is 355. The normalized spacial score (nSPS) is 30.6. The second-order valence-corrected chi connectivity index (χ2v) is 6.65. The van der Waals surface area contributed by atoms with Gasteiger partial charge in [0.05, 0.1) is 6.10 Å². The maximum absolute atomic E-state index is 10.2. The van der Waals surface area contributed by atoms with Crippen molar-refractivity contribution in [2.75, 3.05) is 6.54 Å². The molecular formula is C12H18BrNOS. The Morgan fingerprint density at radius 2 is 2.38 bits per heavy atom. The quantitative estimate of drug-likeness (QED) is 0.902. The molecule has 1 aliphatic carbocycles. The van der Waals surface area contributed by atoms with Crippen molar-refractivity contribution in [3.8, 4) is 0 Å². The van der Waals surface area contributed by atoms with E-state index in [0.29, 0.717) is 6.54 Å². The van der Waals surface area contributed by atoms with E-state index in [1.165, 1.54) is 11.3 Å². The van der Waals surface area contributed by atoms with Crippen molar-refractivity contribution in [2.45, 2.75) is 38.2 Å². The van der Waals surface area contributed by atoms with Gasteiger partial charge in [-0.05, 0) is 41.3 Å². The zero-order valence-electron chi connectivity index (χ0n) is 9.29. The predicted octanol–water partition coefficient (Wildman–Crippen LogP) is 2.93. The van der Waals surface area contributed by atoms with E-state index in [2.05, 4.69) is 27.4 Å². The third-order valence-electron chi connectivity index (χ3n) is 3.66. The lowest BCUT2D eigenvalue weighted by Gasteiger charge is -2.40. The number of rotatable bonds is 3. The molecular weight excluding hydrogens is 286 g/mol. The Hall–Kier alpha value is 0.1000. The van der Waals surface area contributed by atoms with E-state index in [1.807, 2.05) is 0 Å². The first-order valence-electron chi connectivity index (χ1n) is 5.77. The van der Waals surface area contributed by atoms with Crippen LogP contribution in [0.1, 0.15) is 30.6 Å². The van der Waals surface area contributed by atoms with E-state index in [0.717, 1.165) is 30.2 Å². The predicted molar refractivity (Wildman–Crippen MR) is 71.7 cm³/mol. The minimum Gasteiger partial charge on any atom is -0.392 e. The number of nitrogens with two attached hydrogens (primary N) is 1. The SMILES string of the molecule is NCC1(Cc2cc(Br)cs2)CCCCC1O. The third-order valence-corrected chi connectivity index (χ3v) is 5.36. The van der Waals surface area contributed by atoms with Crippen LogP contribution in [0.15, 0.2) is 15.9 Å². The minimum absolute atomic E-state index is 0.0808. The van der Waals surface area contributed by atoms with Crippen LogP contribution in [0.25, 0.3) is 0 Å². The highest BCUT2D eigenvalue weighted by Gasteiger charge is 2.38. The average molecular weight is 304 g/mol. The van der Waals surface area contributed by atoms with Crippen LogP contribution in [0.3, 0.4) is 0 Å². The summed E-state index contributed by atoms with van der Waals surface area (Å²) in [5.41, 5.74) is 5.84. The molecule has 0 spiro atoms. The van der Waals surface area contributed by atoms with Gasteiger partial charge in [-0.25, -0.2) is 0 Å². The van der Waals surface area contributed by atoms with E-state index in [9.17, 15) is 5.11 Å². The summed E-state index contributed by atoms with van der Waals surface area (Å²) >= 11 is 5.21. The summed E-state index contributed by atoms with van der Waals surface area (Å²) in [7, 11) is 0. The Kier molecular flexibility index (Phi) is 4.06. The molecule has 2 atom stereocenters. The molecule has 1 heterocycles. The van der Waals surface area contributed by atoms with Crippen LogP contribution >= 0.6 is 27.3 Å². The molecule has 2 unspecified atom stereocenters. The van der Waals surface area contributed by atoms with Gasteiger partial charge in [0.25, 0.3) is 0 Å². The number of aliphatic hydroxyl groups excluding tert-OH is 1. The summed E-state index contributed by atoms with van der Waals surface area (Å²) in [6, 6.07) is 2.14. The first-order valence-corrected chi connectivity index (χ1v) is 7.45. The number of aliphatic hydroxyl groups is 1. The van der Waals surface area contributed by atoms with Crippen LogP contribution in [-0.2, 0) is 6.42 Å². The first-order chi connectivity index (χ1) is 7.66. The summed E-state index contributed by atoms with van der Waals surface area (Å²) in [5.74, 6) is 0. The molecule has 0 aliphatic heterocycles. The fourth-order valence-electron chi connectivity index (χ4n) is 2.60. The molecule has 0 amide bonds. The molecule has 4 heteroatoms. The summed E-state index contributed by atoms with van der Waals surface area (Å²) in [5, 5.41) is 12.3. The molecule has 1 saturated carbocycles. The standard InChI is InChI=1S/C12H18BrNOS/c13-9-5-10(16-7-9)6-12(8-14)4-2-1-3-11(12)15/h5,7,11,15H,1-4,6,8,14H2. The second kappa shape index (κ2) is 5.17. The molecule has 0 saturated heterocycles. The molecule has 16 heavy (non-hydrogen) atoms. The highest BCUT2D eigenvalue weighted by atomic mass is 79.9. The maximum atomic E-state index is 10.2. The topological polar surface area (TPSA) is 46.2 Å². The van der Waals surface area contributed by atoms with E-state index < -0.39 is 0 Å². The Balaban J connectivity index is 2.14. The van der Waals surface area contributed by atoms with Gasteiger partial charge in [0.1, 0.15) is 0 Å². The van der Waals surface area contributed by atoms with E-state index >= 15 is 0 Å². The van der Waals surface area contributed by atoms with E-state index in [1.54, 1.807) is 11.3 Å². The number of hydrogen-bond donors (Lipinski definition) is 2. The molecule has 2 rings (SSSR count). The van der Waals surface area contributed by atoms with Crippen molar-refractivity contribution in [3.05, 3.63) is 20.8 Å². The van der Waals surface area contributed by atoms with Crippen molar-refractivity contribution in [3.63, 3.8) is 0 Å². The van der Waals surface area contributed by atoms with Gasteiger partial charge < -0.3 is 10.8 Å². The van der Waals surface area contributed by atoms with Gasteiger partial charge in [-0.15, -0.1) is 11.3 Å². The molecule has 0 radical (unpaired) electrons. The van der Waals surface area contributed by atoms with Crippen molar-refractivity contribution >= 4 is 27.3 Å². The fraction of sp³-hybridized carbons (Fsp3) is 0.667. The van der Waals surface area contributed by atoms with Crippen LogP contribution < -0.4 is 5.73 Å². The zero-order valence-corrected chi connectivity index (χ0v) is 11.7. The Morgan fingerprint density at radius 1 is 1.56 bits per heavy atom. The number of thiophene rings is 1. The minimum atomic E-state index is -0.230. The lowest BCUT2D eigenvalue weighted by molar-refractivity contribution is -0.00534. The molecule has 2 nitrogen and oxygen atoms in total. The van der Waals surface area contributed by atoms with E-state index in [4.69, 9.17) is 5.73 Å². The van der Waals surface area contributed by atoms with Crippen LogP contribution in [-0.4, -0.2) is 17.8 Å². The third kappa shape index (κ3) is 2.50. The zero-order chi connectivity index (χ0) is 11.6. The van der Waals surface area contributed by atoms with Crippen molar-refractivity contribution in [1.82, 2.24) is 0 Å². The van der Waals surface area contributed by atoms with Gasteiger partial charge in [0.15, 0.2) is 0 Å². The Labute approximate surface area is 109 Å². The van der Waals surface area contributed by atoms with Crippen molar-refractivity contribution in [2.24, 2.45) is 11.1 Å². The summed E-state index contributed by atoms with van der Waals surface area (Å²) in [4.78, 5) is 1.32. The molecule has 90 valence electrons. The number of hydrogen-bond acceptors (Lipinski definition) is 3. The highest BCUT2D eigenvalue weighted by Crippen LogP contribution is 2.40. The molecule has 0 aromatic carbocycles. The van der Waals surface area contributed by atoms with Crippen LogP contribution in [0.5, 0.6) is 0 Å². The fourth-order valence-corrected chi connectivity index (χ4v) is 4.20. The lowest BCUT2D eigenvalue weighted by atomic mass is 9.69. The summed E-state index contributed by atoms with van der Waals surface area (Å²) in [6.07, 6.45) is 4.98. The monoisotopic (exact) mass is 303 g/mol. The molecule has 3 N–H and O–H groups in total. The molecule has 1 aromatic heterocycles. The Morgan fingerprint density at radius 3 is 2.94 bits per heavy atom. The van der Waals surface area contributed by atoms with Gasteiger partial charge >= 0.3 is 0 Å². The van der Waals surface area contributed by atoms with Crippen LogP contribution in [0.4, 0.5) is 0 Å². The van der Waals surface area contributed by atoms with Gasteiger partial charge in [0.2, 0.25) is 0 Å². The molecule has 1 fully saturated rings. The lowest BCUT2D eigenvalue weighted by Crippen LogP contribution is -2.45. The largest absolute Gasteiger partial charge is 0.392 e. The van der Waals surface area contributed by atoms with Crippen molar-refractivity contribution in [1.29, 1.82) is 0 Å². The van der Waals surface area contributed by atoms with Crippen LogP contribution in [0, 0.1) is 5.41 Å². The molecule has 1 aromatic rings. The summed E-state index contributed by atoms with van der Waals surface area (Å²) in [6.45, 7) is 0.587. The summed E-state index contributed by atoms with van der Waals surface area (Å²) < 4.78 is 1.13. The van der Waals surface area contributed by atoms with Gasteiger partial charge in [0, 0.05) is 26.7 Å². The smallest absolute Gasteiger partial charge is 0.0612 e. The van der Waals surface area contributed by atoms with Gasteiger partial charge in [-0.2, -0.15) is 0 Å². The first kappa shape index (κ1) is 12.6. The maximum Gasteiger partial charge on any atom is 0.0612 e. The van der Waals surface area contributed by atoms with E-state index in [-0.39, 0.29) is 11.5 Å². The van der Waals surface area contributed by atoms with Gasteiger partial charge in [-0.1, -0.05) is 12.8 Å². The average Bonchev–Trinajstić information content (AvgIpc) is 2.67. The molecule has 1 aliphatic rings. The second-order valence-electron chi connectivity index (χ2n) is 4.74. The van der Waals surface area contributed by atoms with Crippen molar-refractivity contribution < 1.29 is 5.11 Å². The van der Waals surface area contributed by atoms with Gasteiger partial charge in [-0.3, -0.25) is 0 Å². The van der Waals surface area contributed by atoms with Crippen LogP contribution in [0.2, 0.25) is 0 Å².